The van der Waals surface area contributed by atoms with Gasteiger partial charge in [-0.05, 0) is 38.4 Å². The summed E-state index contributed by atoms with van der Waals surface area (Å²) in [7, 11) is 1.96. The van der Waals surface area contributed by atoms with Crippen LogP contribution in [-0.2, 0) is 0 Å². The lowest BCUT2D eigenvalue weighted by atomic mass is 9.96. The van der Waals surface area contributed by atoms with Crippen molar-refractivity contribution in [2.75, 3.05) is 26.7 Å². The largest absolute Gasteiger partial charge is 0.339 e. The molecule has 2 heterocycles. The van der Waals surface area contributed by atoms with Gasteiger partial charge >= 0.3 is 0 Å². The van der Waals surface area contributed by atoms with Crippen molar-refractivity contribution >= 4 is 16.8 Å². The first-order valence-corrected chi connectivity index (χ1v) is 7.75. The highest BCUT2D eigenvalue weighted by atomic mass is 16.2. The molecular formula is C17H21N3O2. The van der Waals surface area contributed by atoms with Crippen molar-refractivity contribution in [1.82, 2.24) is 15.2 Å². The van der Waals surface area contributed by atoms with E-state index in [9.17, 15) is 9.59 Å². The van der Waals surface area contributed by atoms with E-state index in [-0.39, 0.29) is 11.5 Å². The Hall–Kier alpha value is -2.14. The third-order valence-corrected chi connectivity index (χ3v) is 4.38. The Balaban J connectivity index is 1.86. The molecule has 1 saturated heterocycles. The summed E-state index contributed by atoms with van der Waals surface area (Å²) in [4.78, 5) is 29.2. The van der Waals surface area contributed by atoms with Gasteiger partial charge < -0.3 is 15.2 Å². The van der Waals surface area contributed by atoms with Crippen LogP contribution in [0.1, 0.15) is 23.2 Å². The molecule has 1 fully saturated rings. The van der Waals surface area contributed by atoms with Crippen LogP contribution in [0.3, 0.4) is 0 Å². The Labute approximate surface area is 129 Å². The highest BCUT2D eigenvalue weighted by Gasteiger charge is 2.24. The summed E-state index contributed by atoms with van der Waals surface area (Å²) in [6.45, 7) is 2.51. The molecular weight excluding hydrogens is 278 g/mol. The van der Waals surface area contributed by atoms with Crippen LogP contribution in [0.25, 0.3) is 10.9 Å². The Bertz CT molecular complexity index is 730. The SMILES string of the molecule is CNCC1CCN(C(=O)c2cc(=O)[nH]c3ccccc23)CC1. The van der Waals surface area contributed by atoms with Gasteiger partial charge in [0.2, 0.25) is 5.56 Å². The monoisotopic (exact) mass is 299 g/mol. The molecule has 0 aliphatic carbocycles. The summed E-state index contributed by atoms with van der Waals surface area (Å²) in [5.74, 6) is 0.593. The number of amides is 1. The van der Waals surface area contributed by atoms with E-state index in [0.717, 1.165) is 37.9 Å². The molecule has 5 nitrogen and oxygen atoms in total. The van der Waals surface area contributed by atoms with E-state index in [4.69, 9.17) is 0 Å². The predicted molar refractivity (Wildman–Crippen MR) is 87.1 cm³/mol. The number of H-pyrrole nitrogens is 1. The van der Waals surface area contributed by atoms with Crippen molar-refractivity contribution in [3.05, 3.63) is 46.2 Å². The second kappa shape index (κ2) is 6.32. The molecule has 0 spiro atoms. The average Bonchev–Trinajstić information content (AvgIpc) is 2.54. The first-order chi connectivity index (χ1) is 10.7. The molecule has 1 aliphatic rings. The number of nitrogens with zero attached hydrogens (tertiary/aromatic N) is 1. The van der Waals surface area contributed by atoms with Crippen LogP contribution in [0.4, 0.5) is 0 Å². The molecule has 0 radical (unpaired) electrons. The maximum absolute atomic E-state index is 12.8. The minimum absolute atomic E-state index is 0.0368. The zero-order chi connectivity index (χ0) is 15.5. The fourth-order valence-electron chi connectivity index (χ4n) is 3.18. The molecule has 1 aliphatic heterocycles. The second-order valence-corrected chi connectivity index (χ2v) is 5.89. The molecule has 0 atom stereocenters. The minimum Gasteiger partial charge on any atom is -0.339 e. The molecule has 2 aromatic rings. The van der Waals surface area contributed by atoms with E-state index in [0.29, 0.717) is 17.0 Å². The normalized spacial score (nSPS) is 16.1. The van der Waals surface area contributed by atoms with Crippen LogP contribution >= 0.6 is 0 Å². The molecule has 22 heavy (non-hydrogen) atoms. The maximum atomic E-state index is 12.8. The summed E-state index contributed by atoms with van der Waals surface area (Å²) in [6, 6.07) is 8.87. The number of rotatable bonds is 3. The first-order valence-electron chi connectivity index (χ1n) is 7.75. The highest BCUT2D eigenvalue weighted by molar-refractivity contribution is 6.05. The van der Waals surface area contributed by atoms with Crippen molar-refractivity contribution in [3.63, 3.8) is 0 Å². The Morgan fingerprint density at radius 2 is 2.05 bits per heavy atom. The predicted octanol–water partition coefficient (Wildman–Crippen LogP) is 1.60. The maximum Gasteiger partial charge on any atom is 0.254 e. The molecule has 0 bridgehead atoms. The smallest absolute Gasteiger partial charge is 0.254 e. The lowest BCUT2D eigenvalue weighted by Crippen LogP contribution is -2.40. The molecule has 0 unspecified atom stereocenters. The number of hydrogen-bond donors (Lipinski definition) is 2. The standard InChI is InChI=1S/C17H21N3O2/c1-18-11-12-6-8-20(9-7-12)17(22)14-10-16(21)19-15-5-3-2-4-13(14)15/h2-5,10,12,18H,6-9,11H2,1H3,(H,19,21). The Morgan fingerprint density at radius 1 is 1.32 bits per heavy atom. The number of aromatic nitrogens is 1. The number of hydrogen-bond acceptors (Lipinski definition) is 3. The number of pyridine rings is 1. The van der Waals surface area contributed by atoms with Crippen LogP contribution in [0.2, 0.25) is 0 Å². The topological polar surface area (TPSA) is 65.2 Å². The van der Waals surface area contributed by atoms with Crippen molar-refractivity contribution in [3.8, 4) is 0 Å². The van der Waals surface area contributed by atoms with Gasteiger partial charge in [0.05, 0.1) is 5.56 Å². The summed E-state index contributed by atoms with van der Waals surface area (Å²) >= 11 is 0. The third-order valence-electron chi connectivity index (χ3n) is 4.38. The van der Waals surface area contributed by atoms with E-state index in [1.807, 2.05) is 36.2 Å². The number of carbonyl (C=O) groups is 1. The van der Waals surface area contributed by atoms with Gasteiger partial charge in [-0.15, -0.1) is 0 Å². The lowest BCUT2D eigenvalue weighted by molar-refractivity contribution is 0.0692. The van der Waals surface area contributed by atoms with Gasteiger partial charge in [-0.25, -0.2) is 0 Å². The summed E-state index contributed by atoms with van der Waals surface area (Å²) in [6.07, 6.45) is 2.02. The summed E-state index contributed by atoms with van der Waals surface area (Å²) in [5, 5.41) is 4.01. The number of aromatic amines is 1. The quantitative estimate of drug-likeness (QED) is 0.905. The molecule has 116 valence electrons. The van der Waals surface area contributed by atoms with E-state index >= 15 is 0 Å². The number of carbonyl (C=O) groups excluding carboxylic acids is 1. The number of piperidine rings is 1. The number of fused-ring (bicyclic) bond motifs is 1. The summed E-state index contributed by atoms with van der Waals surface area (Å²) in [5.41, 5.74) is 0.988. The second-order valence-electron chi connectivity index (χ2n) is 5.89. The Kier molecular flexibility index (Phi) is 4.24. The van der Waals surface area contributed by atoms with Gasteiger partial charge in [0, 0.05) is 30.1 Å². The van der Waals surface area contributed by atoms with E-state index in [2.05, 4.69) is 10.3 Å². The van der Waals surface area contributed by atoms with Crippen LogP contribution in [0.15, 0.2) is 35.1 Å². The van der Waals surface area contributed by atoms with Crippen molar-refractivity contribution in [2.45, 2.75) is 12.8 Å². The number of nitrogens with one attached hydrogen (secondary N) is 2. The number of likely N-dealkylation sites (tertiary alicyclic amines) is 1. The van der Waals surface area contributed by atoms with Gasteiger partial charge in [-0.2, -0.15) is 0 Å². The summed E-state index contributed by atoms with van der Waals surface area (Å²) < 4.78 is 0. The van der Waals surface area contributed by atoms with Crippen LogP contribution in [0.5, 0.6) is 0 Å². The van der Waals surface area contributed by atoms with Gasteiger partial charge in [0.25, 0.3) is 5.91 Å². The minimum atomic E-state index is -0.230. The zero-order valence-corrected chi connectivity index (χ0v) is 12.8. The fraction of sp³-hybridized carbons (Fsp3) is 0.412. The Morgan fingerprint density at radius 3 is 2.77 bits per heavy atom. The molecule has 1 aromatic heterocycles. The lowest BCUT2D eigenvalue weighted by Gasteiger charge is -2.32. The van der Waals surface area contributed by atoms with Gasteiger partial charge in [-0.1, -0.05) is 18.2 Å². The molecule has 0 saturated carbocycles. The van der Waals surface area contributed by atoms with Crippen molar-refractivity contribution in [2.24, 2.45) is 5.92 Å². The van der Waals surface area contributed by atoms with Crippen LogP contribution in [0, 0.1) is 5.92 Å². The van der Waals surface area contributed by atoms with E-state index in [1.165, 1.54) is 6.07 Å². The molecule has 3 rings (SSSR count). The van der Waals surface area contributed by atoms with Gasteiger partial charge in [0.15, 0.2) is 0 Å². The highest BCUT2D eigenvalue weighted by Crippen LogP contribution is 2.21. The van der Waals surface area contributed by atoms with E-state index in [1.54, 1.807) is 0 Å². The van der Waals surface area contributed by atoms with Gasteiger partial charge in [0.1, 0.15) is 0 Å². The van der Waals surface area contributed by atoms with Crippen molar-refractivity contribution in [1.29, 1.82) is 0 Å². The van der Waals surface area contributed by atoms with Crippen molar-refractivity contribution < 1.29 is 4.79 Å². The molecule has 5 heteroatoms. The zero-order valence-electron chi connectivity index (χ0n) is 12.8. The van der Waals surface area contributed by atoms with E-state index < -0.39 is 0 Å². The van der Waals surface area contributed by atoms with Crippen LogP contribution < -0.4 is 10.9 Å². The first kappa shape index (κ1) is 14.8. The number of para-hydroxylation sites is 1. The molecule has 1 aromatic carbocycles. The van der Waals surface area contributed by atoms with Crippen LogP contribution in [-0.4, -0.2) is 42.5 Å². The number of benzene rings is 1. The average molecular weight is 299 g/mol. The third kappa shape index (κ3) is 2.90. The molecule has 2 N–H and O–H groups in total. The molecule has 1 amide bonds. The van der Waals surface area contributed by atoms with Gasteiger partial charge in [-0.3, -0.25) is 9.59 Å². The fourth-order valence-corrected chi connectivity index (χ4v) is 3.18.